The van der Waals surface area contributed by atoms with Crippen LogP contribution in [0.25, 0.3) is 0 Å². The highest BCUT2D eigenvalue weighted by Gasteiger charge is 2.05. The van der Waals surface area contributed by atoms with Crippen molar-refractivity contribution in [3.8, 4) is 11.5 Å². The number of ether oxygens (including phenoxy) is 1. The molecule has 16 heavy (non-hydrogen) atoms. The van der Waals surface area contributed by atoms with Crippen LogP contribution in [0.3, 0.4) is 0 Å². The first-order valence-electron chi connectivity index (χ1n) is 5.27. The topological polar surface area (TPSA) is 35.2 Å². The summed E-state index contributed by atoms with van der Waals surface area (Å²) < 4.78 is 5.79. The molecule has 0 amide bonds. The number of hydrogen-bond donors (Lipinski definition) is 1. The monoisotopic (exact) mass is 213 g/mol. The number of rotatable bonds is 2. The maximum Gasteiger partial charge on any atom is 0.130 e. The Labute approximate surface area is 95.7 Å². The molecule has 2 heteroatoms. The van der Waals surface area contributed by atoms with E-state index in [4.69, 9.17) is 10.5 Å². The van der Waals surface area contributed by atoms with Gasteiger partial charge < -0.3 is 10.5 Å². The van der Waals surface area contributed by atoms with Gasteiger partial charge in [-0.3, -0.25) is 0 Å². The fourth-order valence-corrected chi connectivity index (χ4v) is 1.54. The fraction of sp³-hybridized carbons (Fsp3) is 0.143. The molecule has 2 nitrogen and oxygen atoms in total. The van der Waals surface area contributed by atoms with Gasteiger partial charge in [0.25, 0.3) is 0 Å². The lowest BCUT2D eigenvalue weighted by Gasteiger charge is -2.12. The van der Waals surface area contributed by atoms with E-state index in [0.717, 1.165) is 28.3 Å². The summed E-state index contributed by atoms with van der Waals surface area (Å²) in [7, 11) is 0. The lowest BCUT2D eigenvalue weighted by Crippen LogP contribution is -1.95. The molecule has 0 aromatic heterocycles. The number of benzene rings is 2. The van der Waals surface area contributed by atoms with E-state index in [1.165, 1.54) is 0 Å². The highest BCUT2D eigenvalue weighted by molar-refractivity contribution is 5.55. The molecule has 2 N–H and O–H groups in total. The molecule has 0 atom stereocenters. The second kappa shape index (κ2) is 4.27. The zero-order valence-corrected chi connectivity index (χ0v) is 9.53. The number of anilines is 1. The second-order valence-electron chi connectivity index (χ2n) is 3.82. The molecule has 0 unspecified atom stereocenters. The van der Waals surface area contributed by atoms with Gasteiger partial charge in [-0.1, -0.05) is 18.2 Å². The molecule has 0 saturated carbocycles. The SMILES string of the molecule is Cc1c(N)ccc(Oc2ccccc2)c1C. The van der Waals surface area contributed by atoms with Gasteiger partial charge in [0.1, 0.15) is 11.5 Å². The number of para-hydroxylation sites is 1. The van der Waals surface area contributed by atoms with E-state index in [9.17, 15) is 0 Å². The van der Waals surface area contributed by atoms with Crippen molar-refractivity contribution in [2.45, 2.75) is 13.8 Å². The van der Waals surface area contributed by atoms with E-state index >= 15 is 0 Å². The molecular weight excluding hydrogens is 198 g/mol. The Kier molecular flexibility index (Phi) is 2.82. The Balaban J connectivity index is 2.33. The number of hydrogen-bond acceptors (Lipinski definition) is 2. The summed E-state index contributed by atoms with van der Waals surface area (Å²) in [5.74, 6) is 1.70. The van der Waals surface area contributed by atoms with Gasteiger partial charge in [-0.2, -0.15) is 0 Å². The van der Waals surface area contributed by atoms with Crippen molar-refractivity contribution in [3.63, 3.8) is 0 Å². The zero-order valence-electron chi connectivity index (χ0n) is 9.53. The predicted octanol–water partition coefficient (Wildman–Crippen LogP) is 3.68. The van der Waals surface area contributed by atoms with Crippen LogP contribution in [-0.4, -0.2) is 0 Å². The van der Waals surface area contributed by atoms with Crippen molar-refractivity contribution in [3.05, 3.63) is 53.6 Å². The van der Waals surface area contributed by atoms with E-state index in [2.05, 4.69) is 0 Å². The Morgan fingerprint density at radius 3 is 2.25 bits per heavy atom. The van der Waals surface area contributed by atoms with Crippen LogP contribution in [0.2, 0.25) is 0 Å². The third-order valence-corrected chi connectivity index (χ3v) is 2.75. The average Bonchev–Trinajstić information content (AvgIpc) is 2.31. The third-order valence-electron chi connectivity index (χ3n) is 2.75. The fourth-order valence-electron chi connectivity index (χ4n) is 1.54. The third kappa shape index (κ3) is 2.01. The van der Waals surface area contributed by atoms with Crippen molar-refractivity contribution in [2.75, 3.05) is 5.73 Å². The van der Waals surface area contributed by atoms with Gasteiger partial charge in [0, 0.05) is 5.69 Å². The predicted molar refractivity (Wildman–Crippen MR) is 66.8 cm³/mol. The highest BCUT2D eigenvalue weighted by Crippen LogP contribution is 2.29. The molecule has 82 valence electrons. The van der Waals surface area contributed by atoms with E-state index in [0.29, 0.717) is 0 Å². The first kappa shape index (κ1) is 10.6. The quantitative estimate of drug-likeness (QED) is 0.772. The molecule has 2 rings (SSSR count). The van der Waals surface area contributed by atoms with Gasteiger partial charge >= 0.3 is 0 Å². The Bertz CT molecular complexity index is 492. The Morgan fingerprint density at radius 2 is 1.56 bits per heavy atom. The summed E-state index contributed by atoms with van der Waals surface area (Å²) in [6.45, 7) is 4.02. The Hall–Kier alpha value is -1.96. The normalized spacial score (nSPS) is 10.1. The summed E-state index contributed by atoms with van der Waals surface area (Å²) in [6, 6.07) is 13.5. The van der Waals surface area contributed by atoms with Crippen LogP contribution >= 0.6 is 0 Å². The molecule has 2 aromatic carbocycles. The van der Waals surface area contributed by atoms with Gasteiger partial charge in [0.2, 0.25) is 0 Å². The Morgan fingerprint density at radius 1 is 0.875 bits per heavy atom. The summed E-state index contributed by atoms with van der Waals surface area (Å²) in [5, 5.41) is 0. The van der Waals surface area contributed by atoms with E-state index in [1.54, 1.807) is 0 Å². The molecule has 2 aromatic rings. The number of nitrogen functional groups attached to an aromatic ring is 1. The first-order valence-corrected chi connectivity index (χ1v) is 5.27. The molecule has 0 heterocycles. The van der Waals surface area contributed by atoms with Crippen molar-refractivity contribution < 1.29 is 4.74 Å². The molecule has 0 aliphatic rings. The molecular formula is C14H15NO. The molecule has 0 aliphatic carbocycles. The van der Waals surface area contributed by atoms with Gasteiger partial charge in [0.05, 0.1) is 0 Å². The van der Waals surface area contributed by atoms with Crippen molar-refractivity contribution in [1.82, 2.24) is 0 Å². The minimum Gasteiger partial charge on any atom is -0.457 e. The first-order chi connectivity index (χ1) is 7.68. The molecule has 0 aliphatic heterocycles. The smallest absolute Gasteiger partial charge is 0.130 e. The average molecular weight is 213 g/mol. The maximum absolute atomic E-state index is 5.83. The van der Waals surface area contributed by atoms with E-state index in [1.807, 2.05) is 56.3 Å². The van der Waals surface area contributed by atoms with E-state index < -0.39 is 0 Å². The van der Waals surface area contributed by atoms with Crippen molar-refractivity contribution in [1.29, 1.82) is 0 Å². The maximum atomic E-state index is 5.83. The van der Waals surface area contributed by atoms with Crippen LogP contribution in [0.15, 0.2) is 42.5 Å². The van der Waals surface area contributed by atoms with Crippen LogP contribution in [0, 0.1) is 13.8 Å². The van der Waals surface area contributed by atoms with Gasteiger partial charge in [0.15, 0.2) is 0 Å². The summed E-state index contributed by atoms with van der Waals surface area (Å²) >= 11 is 0. The summed E-state index contributed by atoms with van der Waals surface area (Å²) in [6.07, 6.45) is 0. The summed E-state index contributed by atoms with van der Waals surface area (Å²) in [4.78, 5) is 0. The van der Waals surface area contributed by atoms with Crippen LogP contribution < -0.4 is 10.5 Å². The molecule has 0 saturated heterocycles. The van der Waals surface area contributed by atoms with Crippen molar-refractivity contribution in [2.24, 2.45) is 0 Å². The van der Waals surface area contributed by atoms with Crippen LogP contribution in [-0.2, 0) is 0 Å². The van der Waals surface area contributed by atoms with Crippen molar-refractivity contribution >= 4 is 5.69 Å². The molecule has 0 fully saturated rings. The minimum atomic E-state index is 0.804. The van der Waals surface area contributed by atoms with Gasteiger partial charge in [-0.05, 0) is 49.2 Å². The zero-order chi connectivity index (χ0) is 11.5. The van der Waals surface area contributed by atoms with Gasteiger partial charge in [-0.15, -0.1) is 0 Å². The van der Waals surface area contributed by atoms with Crippen LogP contribution in [0.1, 0.15) is 11.1 Å². The van der Waals surface area contributed by atoms with Crippen LogP contribution in [0.4, 0.5) is 5.69 Å². The molecule has 0 spiro atoms. The highest BCUT2D eigenvalue weighted by atomic mass is 16.5. The number of nitrogens with two attached hydrogens (primary N) is 1. The van der Waals surface area contributed by atoms with Crippen LogP contribution in [0.5, 0.6) is 11.5 Å². The standard InChI is InChI=1S/C14H15NO/c1-10-11(2)14(9-8-13(10)15)16-12-6-4-3-5-7-12/h3-9H,15H2,1-2H3. The largest absolute Gasteiger partial charge is 0.457 e. The lowest BCUT2D eigenvalue weighted by molar-refractivity contribution is 0.478. The van der Waals surface area contributed by atoms with E-state index in [-0.39, 0.29) is 0 Å². The second-order valence-corrected chi connectivity index (χ2v) is 3.82. The summed E-state index contributed by atoms with van der Waals surface area (Å²) in [5.41, 5.74) is 8.80. The van der Waals surface area contributed by atoms with Gasteiger partial charge in [-0.25, -0.2) is 0 Å². The lowest BCUT2D eigenvalue weighted by atomic mass is 10.1. The minimum absolute atomic E-state index is 0.804. The molecule has 0 radical (unpaired) electrons. The molecule has 0 bridgehead atoms.